The van der Waals surface area contributed by atoms with Crippen LogP contribution in [0.5, 0.6) is 0 Å². The van der Waals surface area contributed by atoms with Crippen LogP contribution in [0.4, 0.5) is 0 Å². The van der Waals surface area contributed by atoms with Crippen LogP contribution >= 0.6 is 0 Å². The van der Waals surface area contributed by atoms with E-state index in [0.29, 0.717) is 12.8 Å². The molecule has 276 valence electrons. The number of carbonyl (C=O) groups excluding carboxylic acids is 2. The van der Waals surface area contributed by atoms with Crippen molar-refractivity contribution in [3.05, 3.63) is 24.3 Å². The minimum absolute atomic E-state index is 0.148. The summed E-state index contributed by atoms with van der Waals surface area (Å²) < 4.78 is 18.1. The van der Waals surface area contributed by atoms with E-state index in [9.17, 15) is 9.59 Å². The molecular weight excluding hydrogens is 798 g/mol. The van der Waals surface area contributed by atoms with E-state index in [1.165, 1.54) is 128 Å². The average molecular weight is 876 g/mol. The molecule has 0 aromatic carbocycles. The first-order valence-electron chi connectivity index (χ1n) is 20.1. The van der Waals surface area contributed by atoms with Crippen molar-refractivity contribution < 1.29 is 17.1 Å². The predicted molar refractivity (Wildman–Crippen MR) is 207 cm³/mol. The van der Waals surface area contributed by atoms with E-state index in [2.05, 4.69) is 38.2 Å². The Morgan fingerprint density at radius 2 is 0.660 bits per heavy atom. The summed E-state index contributed by atoms with van der Waals surface area (Å²) in [7, 11) is 0. The van der Waals surface area contributed by atoms with Gasteiger partial charge in [-0.2, -0.15) is 0 Å². The number of rotatable bonds is 34. The molecule has 47 heavy (non-hydrogen) atoms. The van der Waals surface area contributed by atoms with Crippen molar-refractivity contribution in [2.45, 2.75) is 213 Å². The van der Waals surface area contributed by atoms with Crippen molar-refractivity contribution >= 4 is 50.3 Å². The molecular formula is C40H78O5Sn2. The van der Waals surface area contributed by atoms with Crippen LogP contribution in [-0.4, -0.2) is 50.3 Å². The Kier molecular flexibility index (Phi) is 33.1. The van der Waals surface area contributed by atoms with Crippen molar-refractivity contribution in [3.8, 4) is 0 Å². The maximum absolute atomic E-state index is 12.5. The Morgan fingerprint density at radius 1 is 0.404 bits per heavy atom. The first-order chi connectivity index (χ1) is 22.6. The van der Waals surface area contributed by atoms with Crippen LogP contribution in [0.25, 0.3) is 0 Å². The molecule has 0 aliphatic heterocycles. The van der Waals surface area contributed by atoms with Gasteiger partial charge in [0.05, 0.1) is 0 Å². The van der Waals surface area contributed by atoms with Crippen LogP contribution < -0.4 is 0 Å². The molecule has 5 nitrogen and oxygen atoms in total. The molecule has 0 saturated heterocycles. The Bertz CT molecular complexity index is 729. The Labute approximate surface area is 303 Å². The molecule has 0 aromatic heterocycles. The molecule has 0 saturated carbocycles. The van der Waals surface area contributed by atoms with Crippen LogP contribution in [-0.2, 0) is 17.1 Å². The van der Waals surface area contributed by atoms with Gasteiger partial charge < -0.3 is 0 Å². The molecule has 0 aliphatic carbocycles. The molecule has 0 N–H and O–H groups in total. The third-order valence-corrected chi connectivity index (χ3v) is 34.2. The van der Waals surface area contributed by atoms with Crippen LogP contribution in [0, 0.1) is 0 Å². The topological polar surface area (TPSA) is 61.8 Å². The third kappa shape index (κ3) is 35.6. The summed E-state index contributed by atoms with van der Waals surface area (Å²) in [4.78, 5) is 32.9. The summed E-state index contributed by atoms with van der Waals surface area (Å²) in [6, 6.07) is 0. The van der Waals surface area contributed by atoms with Gasteiger partial charge >= 0.3 is 214 Å². The van der Waals surface area contributed by atoms with Gasteiger partial charge in [-0.3, -0.25) is 0 Å². The van der Waals surface area contributed by atoms with E-state index >= 15 is 0 Å². The number of hydrogen-bond acceptors (Lipinski definition) is 5. The standard InChI is InChI=1S/2C18H34O2.4CH3.O.2Sn/c2*1-2-3-4-5-6-7-8-9-10-11-12-13-14-15-16-17-18(19)20;;;;;;;/h2*9-10H,2-8,11-17H2,1H3,(H,19,20);4*1H3;;;/q;;;;;;;2*+1/p-2/b2*10-9-;;;;;;;. The van der Waals surface area contributed by atoms with Crippen molar-refractivity contribution in [3.63, 3.8) is 0 Å². The quantitative estimate of drug-likeness (QED) is 0.0366. The van der Waals surface area contributed by atoms with Gasteiger partial charge in [-0.05, 0) is 12.8 Å². The summed E-state index contributed by atoms with van der Waals surface area (Å²) in [5.74, 6) is -0.296. The summed E-state index contributed by atoms with van der Waals surface area (Å²) in [6.45, 7) is 4.53. The Morgan fingerprint density at radius 3 is 0.957 bits per heavy atom. The molecule has 0 amide bonds. The van der Waals surface area contributed by atoms with Gasteiger partial charge in [0.1, 0.15) is 0 Å². The van der Waals surface area contributed by atoms with Gasteiger partial charge in [-0.25, -0.2) is 0 Å². The van der Waals surface area contributed by atoms with Crippen molar-refractivity contribution in [2.24, 2.45) is 0 Å². The number of carbonyl (C=O) groups is 2. The SMILES string of the molecule is CCCCCCCC/C=C\CCCCCCCC(=O)[O][Sn]([CH3])([CH3])[O][Sn]([CH3])([CH3])[O]C(=O)CCCCCCC/C=C\CCCCCCCC. The minimum Gasteiger partial charge on any atom is -0.0654 e. The second-order valence-corrected chi connectivity index (χ2v) is 36.2. The summed E-state index contributed by atoms with van der Waals surface area (Å²) in [6.07, 6.45) is 42.5. The maximum atomic E-state index is 12.5. The zero-order valence-electron chi connectivity index (χ0n) is 32.1. The second-order valence-electron chi connectivity index (χ2n) is 14.5. The molecule has 0 unspecified atom stereocenters. The van der Waals surface area contributed by atoms with Crippen LogP contribution in [0.3, 0.4) is 0 Å². The van der Waals surface area contributed by atoms with Crippen molar-refractivity contribution in [2.75, 3.05) is 0 Å². The van der Waals surface area contributed by atoms with Gasteiger partial charge in [0, 0.05) is 0 Å². The number of unbranched alkanes of at least 4 members (excludes halogenated alkanes) is 22. The molecule has 0 rings (SSSR count). The average Bonchev–Trinajstić information content (AvgIpc) is 2.99. The summed E-state index contributed by atoms with van der Waals surface area (Å²) in [5.41, 5.74) is 0. The van der Waals surface area contributed by atoms with Crippen molar-refractivity contribution in [1.29, 1.82) is 0 Å². The van der Waals surface area contributed by atoms with E-state index in [1.54, 1.807) is 0 Å². The van der Waals surface area contributed by atoms with Crippen LogP contribution in [0.1, 0.15) is 194 Å². The molecule has 0 atom stereocenters. The van der Waals surface area contributed by atoms with Crippen LogP contribution in [0.2, 0.25) is 19.8 Å². The minimum atomic E-state index is -3.53. The molecule has 7 heteroatoms. The Balaban J connectivity index is 3.83. The second kappa shape index (κ2) is 33.1. The molecule has 0 fully saturated rings. The molecule has 0 aromatic rings. The molecule has 0 spiro atoms. The third-order valence-electron chi connectivity index (χ3n) is 8.50. The van der Waals surface area contributed by atoms with E-state index in [4.69, 9.17) is 7.56 Å². The number of allylic oxidation sites excluding steroid dienone is 4. The fraction of sp³-hybridized carbons (Fsp3) is 0.850. The molecule has 0 bridgehead atoms. The van der Waals surface area contributed by atoms with Crippen molar-refractivity contribution in [1.82, 2.24) is 0 Å². The van der Waals surface area contributed by atoms with Crippen LogP contribution in [0.15, 0.2) is 24.3 Å². The summed E-state index contributed by atoms with van der Waals surface area (Å²) >= 11 is -7.06. The normalized spacial score (nSPS) is 12.4. The fourth-order valence-corrected chi connectivity index (χ4v) is 37.6. The molecule has 0 heterocycles. The molecule has 0 radical (unpaired) electrons. The van der Waals surface area contributed by atoms with Gasteiger partial charge in [0.2, 0.25) is 0 Å². The van der Waals surface area contributed by atoms with Gasteiger partial charge in [-0.1, -0.05) is 78.1 Å². The first kappa shape index (κ1) is 47.0. The van der Waals surface area contributed by atoms with E-state index < -0.39 is 38.4 Å². The van der Waals surface area contributed by atoms with E-state index in [0.717, 1.165) is 38.5 Å². The van der Waals surface area contributed by atoms with Gasteiger partial charge in [-0.15, -0.1) is 0 Å². The Hall–Kier alpha value is -0.0226. The van der Waals surface area contributed by atoms with Gasteiger partial charge in [0.25, 0.3) is 0 Å². The fourth-order valence-electron chi connectivity index (χ4n) is 5.96. The van der Waals surface area contributed by atoms with E-state index in [-0.39, 0.29) is 11.9 Å². The summed E-state index contributed by atoms with van der Waals surface area (Å²) in [5, 5.41) is 0. The molecule has 0 aliphatic rings. The predicted octanol–water partition coefficient (Wildman–Crippen LogP) is 13.6. The smallest absolute Gasteiger partial charge is 0.0654 e. The van der Waals surface area contributed by atoms with E-state index in [1.807, 2.05) is 19.8 Å². The first-order valence-corrected chi connectivity index (χ1v) is 36.1. The number of hydrogen-bond donors (Lipinski definition) is 0. The monoisotopic (exact) mass is 878 g/mol. The zero-order valence-corrected chi connectivity index (χ0v) is 37.9. The zero-order chi connectivity index (χ0) is 34.9. The van der Waals surface area contributed by atoms with Gasteiger partial charge in [0.15, 0.2) is 0 Å².